The van der Waals surface area contributed by atoms with Gasteiger partial charge in [0.15, 0.2) is 0 Å². The van der Waals surface area contributed by atoms with Crippen LogP contribution in [-0.2, 0) is 25.7 Å². The molecule has 0 amide bonds. The molecule has 1 N–H and O–H groups in total. The quantitative estimate of drug-likeness (QED) is 0.241. The van der Waals surface area contributed by atoms with Crippen LogP contribution in [0.2, 0.25) is 0 Å². The number of aryl methyl sites for hydroxylation is 2. The number of rotatable bonds is 2. The zero-order chi connectivity index (χ0) is 25.4. The average Bonchev–Trinajstić information content (AvgIpc) is 2.95. The second-order valence-corrected chi connectivity index (χ2v) is 12.3. The first-order chi connectivity index (χ1) is 18.7. The fourth-order valence-electron chi connectivity index (χ4n) is 8.28. The van der Waals surface area contributed by atoms with E-state index in [1.165, 1.54) is 113 Å². The van der Waals surface area contributed by atoms with Crippen LogP contribution in [0, 0.1) is 12.8 Å². The summed E-state index contributed by atoms with van der Waals surface area (Å²) in [6.45, 7) is 2.24. The largest absolute Gasteiger partial charge is 0.507 e. The van der Waals surface area contributed by atoms with Crippen molar-refractivity contribution in [2.45, 2.75) is 77.6 Å². The predicted molar refractivity (Wildman–Crippen MR) is 163 cm³/mol. The molecule has 1 heteroatoms. The van der Waals surface area contributed by atoms with Crippen molar-refractivity contribution in [2.75, 3.05) is 0 Å². The molecule has 1 fully saturated rings. The Hall–Kier alpha value is -3.32. The molecule has 0 radical (unpaired) electrons. The van der Waals surface area contributed by atoms with Crippen molar-refractivity contribution in [3.63, 3.8) is 0 Å². The van der Waals surface area contributed by atoms with E-state index in [2.05, 4.69) is 55.5 Å². The summed E-state index contributed by atoms with van der Waals surface area (Å²) in [7, 11) is 0. The Morgan fingerprint density at radius 1 is 0.711 bits per heavy atom. The summed E-state index contributed by atoms with van der Waals surface area (Å²) in [5.41, 5.74) is 8.94. The lowest BCUT2D eigenvalue weighted by atomic mass is 9.78. The van der Waals surface area contributed by atoms with Crippen molar-refractivity contribution in [1.82, 2.24) is 0 Å². The fraction of sp³-hybridized carbons (Fsp3) is 0.351. The first kappa shape index (κ1) is 22.6. The molecule has 0 aliphatic heterocycles. The zero-order valence-electron chi connectivity index (χ0n) is 22.5. The molecule has 0 spiro atoms. The molecule has 0 atom stereocenters. The molecule has 0 bridgehead atoms. The van der Waals surface area contributed by atoms with Crippen LogP contribution < -0.4 is 0 Å². The van der Waals surface area contributed by atoms with E-state index < -0.39 is 0 Å². The number of phenols is 1. The molecule has 190 valence electrons. The van der Waals surface area contributed by atoms with Gasteiger partial charge in [-0.2, -0.15) is 0 Å². The van der Waals surface area contributed by atoms with Crippen LogP contribution in [0.5, 0.6) is 5.75 Å². The number of allylic oxidation sites excluding steroid dienone is 1. The molecule has 0 heterocycles. The van der Waals surface area contributed by atoms with Crippen LogP contribution >= 0.6 is 0 Å². The van der Waals surface area contributed by atoms with E-state index in [9.17, 15) is 5.11 Å². The highest BCUT2D eigenvalue weighted by atomic mass is 16.3. The van der Waals surface area contributed by atoms with Gasteiger partial charge < -0.3 is 5.11 Å². The molecule has 5 aromatic carbocycles. The Balaban J connectivity index is 1.51. The molecule has 0 aromatic heterocycles. The highest BCUT2D eigenvalue weighted by Crippen LogP contribution is 2.46. The van der Waals surface area contributed by atoms with Gasteiger partial charge in [0.05, 0.1) is 0 Å². The smallest absolute Gasteiger partial charge is 0.124 e. The van der Waals surface area contributed by atoms with Crippen LogP contribution in [0.4, 0.5) is 0 Å². The van der Waals surface area contributed by atoms with Gasteiger partial charge in [0.1, 0.15) is 5.75 Å². The van der Waals surface area contributed by atoms with Gasteiger partial charge in [-0.15, -0.1) is 0 Å². The van der Waals surface area contributed by atoms with E-state index in [4.69, 9.17) is 0 Å². The number of hydrogen-bond acceptors (Lipinski definition) is 1. The molecule has 3 aliphatic rings. The van der Waals surface area contributed by atoms with Gasteiger partial charge >= 0.3 is 0 Å². The van der Waals surface area contributed by atoms with Gasteiger partial charge in [-0.3, -0.25) is 0 Å². The molecule has 0 unspecified atom stereocenters. The summed E-state index contributed by atoms with van der Waals surface area (Å²) in [5, 5.41) is 21.5. The van der Waals surface area contributed by atoms with E-state index in [1.807, 2.05) is 6.07 Å². The normalized spacial score (nSPS) is 17.6. The first-order valence-corrected chi connectivity index (χ1v) is 14.9. The highest BCUT2D eigenvalue weighted by Gasteiger charge is 2.23. The minimum absolute atomic E-state index is 0.395. The Kier molecular flexibility index (Phi) is 5.12. The van der Waals surface area contributed by atoms with Crippen LogP contribution in [0.15, 0.2) is 48.5 Å². The number of benzene rings is 5. The monoisotopic (exact) mass is 496 g/mol. The van der Waals surface area contributed by atoms with Crippen molar-refractivity contribution >= 4 is 49.2 Å². The SMILES string of the molecule is Cc1ccc2c3c(cc4c(O)cc5ccc6c7c(c(CC8CCCCC8)cc6c5c42)CCCC7)C=CCc13. The Labute approximate surface area is 225 Å². The maximum Gasteiger partial charge on any atom is 0.124 e. The molecule has 1 saturated carbocycles. The van der Waals surface area contributed by atoms with Crippen LogP contribution in [0.1, 0.15) is 78.3 Å². The lowest BCUT2D eigenvalue weighted by Crippen LogP contribution is -2.13. The van der Waals surface area contributed by atoms with E-state index in [-0.39, 0.29) is 0 Å². The van der Waals surface area contributed by atoms with E-state index in [0.29, 0.717) is 5.75 Å². The predicted octanol–water partition coefficient (Wildman–Crippen LogP) is 9.88. The highest BCUT2D eigenvalue weighted by molar-refractivity contribution is 6.30. The van der Waals surface area contributed by atoms with Gasteiger partial charge in [0, 0.05) is 10.8 Å². The van der Waals surface area contributed by atoms with E-state index >= 15 is 0 Å². The summed E-state index contributed by atoms with van der Waals surface area (Å²) in [6, 6.07) is 16.1. The maximum atomic E-state index is 11.3. The van der Waals surface area contributed by atoms with Crippen LogP contribution in [0.25, 0.3) is 49.2 Å². The van der Waals surface area contributed by atoms with Gasteiger partial charge in [-0.25, -0.2) is 0 Å². The van der Waals surface area contributed by atoms with Gasteiger partial charge in [-0.1, -0.05) is 74.6 Å². The van der Waals surface area contributed by atoms with Crippen molar-refractivity contribution in [3.05, 3.63) is 81.9 Å². The minimum atomic E-state index is 0.395. The topological polar surface area (TPSA) is 20.2 Å². The van der Waals surface area contributed by atoms with Gasteiger partial charge in [-0.05, 0) is 129 Å². The number of phenolic OH excluding ortho intramolecular Hbond substituents is 1. The molecule has 0 saturated heterocycles. The minimum Gasteiger partial charge on any atom is -0.507 e. The molecule has 5 aromatic rings. The number of aromatic hydroxyl groups is 1. The average molecular weight is 497 g/mol. The lowest BCUT2D eigenvalue weighted by molar-refractivity contribution is 0.356. The molecule has 3 aliphatic carbocycles. The maximum absolute atomic E-state index is 11.3. The summed E-state index contributed by atoms with van der Waals surface area (Å²) >= 11 is 0. The van der Waals surface area contributed by atoms with E-state index in [1.54, 1.807) is 16.7 Å². The Morgan fingerprint density at radius 3 is 2.39 bits per heavy atom. The fourth-order valence-corrected chi connectivity index (χ4v) is 8.28. The molecule has 38 heavy (non-hydrogen) atoms. The third-order valence-corrected chi connectivity index (χ3v) is 10.1. The third-order valence-electron chi connectivity index (χ3n) is 10.1. The van der Waals surface area contributed by atoms with Gasteiger partial charge in [0.25, 0.3) is 0 Å². The Bertz CT molecular complexity index is 1810. The molecular formula is C37H36O. The lowest BCUT2D eigenvalue weighted by Gasteiger charge is -2.27. The summed E-state index contributed by atoms with van der Waals surface area (Å²) in [6.07, 6.45) is 18.8. The van der Waals surface area contributed by atoms with Crippen molar-refractivity contribution in [3.8, 4) is 5.75 Å². The standard InChI is InChI=1S/C37H36O/c1-22-14-16-31-35-24(10-7-13-27(22)35)19-33-34(38)21-25-15-17-30-29-12-6-5-11-28(29)26(18-23-8-3-2-4-9-23)20-32(30)36(25)37(31)33/h7,10,14-17,19-21,23,38H,2-6,8-9,11-13,18H2,1H3. The zero-order valence-corrected chi connectivity index (χ0v) is 22.5. The summed E-state index contributed by atoms with van der Waals surface area (Å²) in [5.74, 6) is 1.23. The van der Waals surface area contributed by atoms with Crippen molar-refractivity contribution in [2.24, 2.45) is 5.92 Å². The Morgan fingerprint density at radius 2 is 1.53 bits per heavy atom. The van der Waals surface area contributed by atoms with Crippen LogP contribution in [-0.4, -0.2) is 5.11 Å². The summed E-state index contributed by atoms with van der Waals surface area (Å²) < 4.78 is 0. The molecular weight excluding hydrogens is 460 g/mol. The van der Waals surface area contributed by atoms with Crippen LogP contribution in [0.3, 0.4) is 0 Å². The number of fused-ring (bicyclic) bond motifs is 8. The first-order valence-electron chi connectivity index (χ1n) is 14.9. The van der Waals surface area contributed by atoms with Crippen molar-refractivity contribution < 1.29 is 5.11 Å². The molecule has 8 rings (SSSR count). The summed E-state index contributed by atoms with van der Waals surface area (Å²) in [4.78, 5) is 0. The second kappa shape index (κ2) is 8.60. The molecule has 1 nitrogen and oxygen atoms in total. The third kappa shape index (κ3) is 3.30. The number of hydrogen-bond donors (Lipinski definition) is 1. The second-order valence-electron chi connectivity index (χ2n) is 12.3. The van der Waals surface area contributed by atoms with Gasteiger partial charge in [0.2, 0.25) is 0 Å². The van der Waals surface area contributed by atoms with E-state index in [0.717, 1.165) is 23.1 Å². The van der Waals surface area contributed by atoms with Crippen molar-refractivity contribution in [1.29, 1.82) is 0 Å².